The van der Waals surface area contributed by atoms with Gasteiger partial charge in [0.25, 0.3) is 0 Å². The molecule has 0 spiro atoms. The van der Waals surface area contributed by atoms with Crippen LogP contribution in [0.4, 0.5) is 0 Å². The Labute approximate surface area is 123 Å². The largest absolute Gasteiger partial charge is 0.494 e. The topological polar surface area (TPSA) is 9.23 Å². The smallest absolute Gasteiger partial charge is 0.123 e. The third-order valence-corrected chi connectivity index (χ3v) is 3.88. The Morgan fingerprint density at radius 1 is 1.11 bits per heavy atom. The average Bonchev–Trinajstić information content (AvgIpc) is 2.42. The van der Waals surface area contributed by atoms with E-state index in [4.69, 9.17) is 4.74 Å². The van der Waals surface area contributed by atoms with E-state index in [1.54, 1.807) is 0 Å². The molecule has 19 heavy (non-hydrogen) atoms. The third-order valence-electron chi connectivity index (χ3n) is 3.06. The first-order valence-electron chi connectivity index (χ1n) is 6.62. The molecule has 0 aromatic heterocycles. The Morgan fingerprint density at radius 2 is 1.84 bits per heavy atom. The van der Waals surface area contributed by atoms with E-state index in [9.17, 15) is 0 Å². The minimum atomic E-state index is 0.274. The summed E-state index contributed by atoms with van der Waals surface area (Å²) in [5.74, 6) is 0.978. The molecule has 2 rings (SSSR count). The number of alkyl halides is 1. The fraction of sp³-hybridized carbons (Fsp3) is 0.294. The van der Waals surface area contributed by atoms with Crippen molar-refractivity contribution in [3.05, 3.63) is 65.2 Å². The van der Waals surface area contributed by atoms with Gasteiger partial charge in [-0.05, 0) is 31.9 Å². The van der Waals surface area contributed by atoms with Gasteiger partial charge < -0.3 is 4.74 Å². The molecule has 0 aliphatic rings. The molecule has 1 nitrogen and oxygen atoms in total. The van der Waals surface area contributed by atoms with Gasteiger partial charge in [0.05, 0.1) is 6.61 Å². The van der Waals surface area contributed by atoms with Gasteiger partial charge in [0.15, 0.2) is 0 Å². The summed E-state index contributed by atoms with van der Waals surface area (Å²) in [4.78, 5) is 0.274. The van der Waals surface area contributed by atoms with E-state index >= 15 is 0 Å². The first kappa shape index (κ1) is 14.1. The van der Waals surface area contributed by atoms with Crippen LogP contribution in [0.5, 0.6) is 5.75 Å². The van der Waals surface area contributed by atoms with Crippen molar-refractivity contribution in [2.45, 2.75) is 25.1 Å². The second kappa shape index (κ2) is 6.76. The Kier molecular flexibility index (Phi) is 5.03. The van der Waals surface area contributed by atoms with Gasteiger partial charge in [-0.3, -0.25) is 0 Å². The number of hydrogen-bond acceptors (Lipinski definition) is 1. The minimum absolute atomic E-state index is 0.274. The number of benzene rings is 2. The van der Waals surface area contributed by atoms with Gasteiger partial charge in [0, 0.05) is 10.4 Å². The third kappa shape index (κ3) is 3.84. The van der Waals surface area contributed by atoms with Crippen LogP contribution in [0.15, 0.2) is 48.5 Å². The molecule has 0 amide bonds. The predicted molar refractivity (Wildman–Crippen MR) is 84.2 cm³/mol. The van der Waals surface area contributed by atoms with Crippen molar-refractivity contribution >= 4 is 15.9 Å². The van der Waals surface area contributed by atoms with E-state index in [1.807, 2.05) is 13.0 Å². The lowest BCUT2D eigenvalue weighted by atomic mass is 10.0. The van der Waals surface area contributed by atoms with E-state index in [2.05, 4.69) is 65.3 Å². The van der Waals surface area contributed by atoms with Crippen LogP contribution in [0, 0.1) is 6.92 Å². The molecule has 0 N–H and O–H groups in total. The van der Waals surface area contributed by atoms with Crippen LogP contribution in [-0.2, 0) is 6.42 Å². The highest BCUT2D eigenvalue weighted by Crippen LogP contribution is 2.34. The van der Waals surface area contributed by atoms with Crippen molar-refractivity contribution in [3.8, 4) is 5.75 Å². The second-order valence-corrected chi connectivity index (χ2v) is 5.74. The Morgan fingerprint density at radius 3 is 2.53 bits per heavy atom. The molecule has 0 saturated heterocycles. The van der Waals surface area contributed by atoms with Gasteiger partial charge in [-0.2, -0.15) is 0 Å². The molecule has 0 heterocycles. The molecule has 100 valence electrons. The lowest BCUT2D eigenvalue weighted by Gasteiger charge is -2.16. The van der Waals surface area contributed by atoms with Crippen LogP contribution >= 0.6 is 15.9 Å². The minimum Gasteiger partial charge on any atom is -0.494 e. The van der Waals surface area contributed by atoms with Gasteiger partial charge in [-0.1, -0.05) is 64.0 Å². The van der Waals surface area contributed by atoms with Gasteiger partial charge in [0.2, 0.25) is 0 Å². The van der Waals surface area contributed by atoms with Gasteiger partial charge in [-0.15, -0.1) is 0 Å². The number of ether oxygens (including phenoxy) is 1. The first-order valence-corrected chi connectivity index (χ1v) is 7.53. The zero-order valence-electron chi connectivity index (χ0n) is 11.4. The Balaban J connectivity index is 2.22. The van der Waals surface area contributed by atoms with Crippen LogP contribution < -0.4 is 4.74 Å². The predicted octanol–water partition coefficient (Wildman–Crippen LogP) is 5.07. The second-order valence-electron chi connectivity index (χ2n) is 4.63. The van der Waals surface area contributed by atoms with Crippen molar-refractivity contribution in [2.75, 3.05) is 6.61 Å². The summed E-state index contributed by atoms with van der Waals surface area (Å²) in [7, 11) is 0. The Bertz CT molecular complexity index is 522. The van der Waals surface area contributed by atoms with Crippen LogP contribution in [-0.4, -0.2) is 6.61 Å². The van der Waals surface area contributed by atoms with Crippen molar-refractivity contribution in [1.29, 1.82) is 0 Å². The van der Waals surface area contributed by atoms with E-state index in [1.165, 1.54) is 16.7 Å². The number of rotatable bonds is 5. The molecule has 0 aliphatic heterocycles. The van der Waals surface area contributed by atoms with E-state index in [-0.39, 0.29) is 4.83 Å². The number of halogens is 1. The standard InChI is InChI=1S/C17H19BrO/c1-3-19-17-10-9-13(2)11-15(17)16(18)12-14-7-5-4-6-8-14/h4-11,16H,3,12H2,1-2H3. The summed E-state index contributed by atoms with van der Waals surface area (Å²) < 4.78 is 5.72. The molecule has 2 heteroatoms. The van der Waals surface area contributed by atoms with Crippen molar-refractivity contribution in [2.24, 2.45) is 0 Å². The maximum Gasteiger partial charge on any atom is 0.123 e. The van der Waals surface area contributed by atoms with Gasteiger partial charge in [-0.25, -0.2) is 0 Å². The highest BCUT2D eigenvalue weighted by Gasteiger charge is 2.14. The molecule has 0 radical (unpaired) electrons. The fourth-order valence-corrected chi connectivity index (χ4v) is 2.86. The fourth-order valence-electron chi connectivity index (χ4n) is 2.13. The SMILES string of the molecule is CCOc1ccc(C)cc1C(Br)Cc1ccccc1. The summed E-state index contributed by atoms with van der Waals surface area (Å²) in [5.41, 5.74) is 3.81. The first-order chi connectivity index (χ1) is 9.20. The zero-order valence-corrected chi connectivity index (χ0v) is 13.0. The lowest BCUT2D eigenvalue weighted by Crippen LogP contribution is -2.01. The molecule has 1 unspecified atom stereocenters. The summed E-state index contributed by atoms with van der Waals surface area (Å²) in [6.07, 6.45) is 0.963. The van der Waals surface area contributed by atoms with E-state index < -0.39 is 0 Å². The van der Waals surface area contributed by atoms with Crippen molar-refractivity contribution in [3.63, 3.8) is 0 Å². The van der Waals surface area contributed by atoms with Crippen LogP contribution in [0.1, 0.15) is 28.4 Å². The highest BCUT2D eigenvalue weighted by atomic mass is 79.9. The molecule has 2 aromatic rings. The molecule has 2 aromatic carbocycles. The van der Waals surface area contributed by atoms with Crippen LogP contribution in [0.25, 0.3) is 0 Å². The van der Waals surface area contributed by atoms with Crippen molar-refractivity contribution < 1.29 is 4.74 Å². The summed E-state index contributed by atoms with van der Waals surface area (Å²) in [6, 6.07) is 16.9. The van der Waals surface area contributed by atoms with Crippen LogP contribution in [0.2, 0.25) is 0 Å². The molecule has 0 saturated carbocycles. The van der Waals surface area contributed by atoms with Gasteiger partial charge in [0.1, 0.15) is 5.75 Å². The average molecular weight is 319 g/mol. The Hall–Kier alpha value is -1.28. The van der Waals surface area contributed by atoms with Crippen molar-refractivity contribution in [1.82, 2.24) is 0 Å². The molecule has 0 bridgehead atoms. The summed E-state index contributed by atoms with van der Waals surface area (Å²) in [6.45, 7) is 4.83. The normalized spacial score (nSPS) is 12.2. The zero-order chi connectivity index (χ0) is 13.7. The molecule has 1 atom stereocenters. The highest BCUT2D eigenvalue weighted by molar-refractivity contribution is 9.09. The van der Waals surface area contributed by atoms with E-state index in [0.29, 0.717) is 6.61 Å². The number of hydrogen-bond donors (Lipinski definition) is 0. The van der Waals surface area contributed by atoms with Gasteiger partial charge >= 0.3 is 0 Å². The maximum atomic E-state index is 5.72. The molecular weight excluding hydrogens is 300 g/mol. The summed E-state index contributed by atoms with van der Waals surface area (Å²) in [5, 5.41) is 0. The van der Waals surface area contributed by atoms with E-state index in [0.717, 1.165) is 12.2 Å². The quantitative estimate of drug-likeness (QED) is 0.699. The molecule has 0 fully saturated rings. The number of aryl methyl sites for hydroxylation is 1. The summed E-state index contributed by atoms with van der Waals surface area (Å²) >= 11 is 3.80. The maximum absolute atomic E-state index is 5.72. The monoisotopic (exact) mass is 318 g/mol. The molecule has 0 aliphatic carbocycles. The molecular formula is C17H19BrO. The van der Waals surface area contributed by atoms with Crippen LogP contribution in [0.3, 0.4) is 0 Å². The lowest BCUT2D eigenvalue weighted by molar-refractivity contribution is 0.336.